The molecular formula is C24H31N3O2. The monoisotopic (exact) mass is 393 g/mol. The predicted octanol–water partition coefficient (Wildman–Crippen LogP) is 3.57. The Morgan fingerprint density at radius 1 is 1.14 bits per heavy atom. The van der Waals surface area contributed by atoms with E-state index in [0.29, 0.717) is 16.2 Å². The third-order valence-electron chi connectivity index (χ3n) is 6.54. The molecule has 29 heavy (non-hydrogen) atoms. The van der Waals surface area contributed by atoms with Gasteiger partial charge < -0.3 is 10.1 Å². The molecule has 0 saturated carbocycles. The predicted molar refractivity (Wildman–Crippen MR) is 113 cm³/mol. The minimum atomic E-state index is -0.0199. The number of nitrogens with zero attached hydrogens (tertiary/aromatic N) is 3. The van der Waals surface area contributed by atoms with Crippen LogP contribution in [-0.2, 0) is 6.54 Å². The van der Waals surface area contributed by atoms with Crippen LogP contribution in [0.3, 0.4) is 0 Å². The second-order valence-corrected chi connectivity index (χ2v) is 9.14. The lowest BCUT2D eigenvalue weighted by Gasteiger charge is -2.40. The summed E-state index contributed by atoms with van der Waals surface area (Å²) in [5.41, 5.74) is 3.42. The van der Waals surface area contributed by atoms with E-state index < -0.39 is 0 Å². The molecule has 1 spiro atoms. The van der Waals surface area contributed by atoms with E-state index in [1.807, 2.05) is 4.90 Å². The van der Waals surface area contributed by atoms with Crippen molar-refractivity contribution in [2.75, 3.05) is 26.2 Å². The van der Waals surface area contributed by atoms with E-state index in [1.165, 1.54) is 36.4 Å². The lowest BCUT2D eigenvalue weighted by Crippen LogP contribution is -2.45. The zero-order valence-corrected chi connectivity index (χ0v) is 17.5. The first kappa shape index (κ1) is 19.9. The van der Waals surface area contributed by atoms with Crippen LogP contribution in [0, 0.1) is 10.6 Å². The zero-order chi connectivity index (χ0) is 20.4. The Balaban J connectivity index is 1.39. The van der Waals surface area contributed by atoms with E-state index in [4.69, 9.17) is 0 Å². The molecule has 1 aromatic carbocycles. The van der Waals surface area contributed by atoms with Crippen molar-refractivity contribution in [3.63, 3.8) is 0 Å². The molecular weight excluding hydrogens is 362 g/mol. The van der Waals surface area contributed by atoms with Crippen molar-refractivity contribution in [2.45, 2.75) is 45.6 Å². The molecule has 2 saturated heterocycles. The maximum absolute atomic E-state index is 12.8. The molecule has 0 unspecified atom stereocenters. The van der Waals surface area contributed by atoms with Crippen molar-refractivity contribution in [3.05, 3.63) is 70.7 Å². The van der Waals surface area contributed by atoms with Crippen LogP contribution in [0.5, 0.6) is 0 Å². The highest BCUT2D eigenvalue weighted by atomic mass is 16.5. The highest BCUT2D eigenvalue weighted by Gasteiger charge is 2.43. The summed E-state index contributed by atoms with van der Waals surface area (Å²) in [7, 11) is 0. The van der Waals surface area contributed by atoms with Crippen molar-refractivity contribution < 1.29 is 9.52 Å². The summed E-state index contributed by atoms with van der Waals surface area (Å²) in [6, 6.07) is 12.4. The largest absolute Gasteiger partial charge is 0.619 e. The summed E-state index contributed by atoms with van der Waals surface area (Å²) in [5.74, 6) is 0.540. The molecule has 2 aliphatic heterocycles. The third-order valence-corrected chi connectivity index (χ3v) is 6.54. The Kier molecular flexibility index (Phi) is 5.59. The summed E-state index contributed by atoms with van der Waals surface area (Å²) in [5, 5.41) is 11.5. The van der Waals surface area contributed by atoms with Crippen molar-refractivity contribution in [3.8, 4) is 0 Å². The fraction of sp³-hybridized carbons (Fsp3) is 0.500. The number of piperidine rings is 1. The van der Waals surface area contributed by atoms with Crippen LogP contribution in [0.2, 0.25) is 0 Å². The van der Waals surface area contributed by atoms with Gasteiger partial charge in [0.2, 0.25) is 0 Å². The first-order chi connectivity index (χ1) is 13.9. The van der Waals surface area contributed by atoms with E-state index in [0.717, 1.165) is 39.1 Å². The van der Waals surface area contributed by atoms with Crippen LogP contribution in [0.4, 0.5) is 0 Å². The summed E-state index contributed by atoms with van der Waals surface area (Å²) < 4.78 is 0.700. The number of rotatable bonds is 4. The fourth-order valence-corrected chi connectivity index (χ4v) is 4.92. The molecule has 2 fully saturated rings. The molecule has 1 aromatic heterocycles. The molecule has 3 heterocycles. The SMILES string of the molecule is CC(C)c1ccc(CN2CCC[C@@]3(CCN(C(=O)c4ccc[n+]([O-])c4)C3)C2)cc1. The van der Waals surface area contributed by atoms with E-state index in [9.17, 15) is 10.0 Å². The summed E-state index contributed by atoms with van der Waals surface area (Å²) in [6.45, 7) is 9.16. The lowest BCUT2D eigenvalue weighted by molar-refractivity contribution is -0.605. The number of hydrogen-bond donors (Lipinski definition) is 0. The van der Waals surface area contributed by atoms with Gasteiger partial charge in [-0.15, -0.1) is 0 Å². The van der Waals surface area contributed by atoms with Gasteiger partial charge in [0.25, 0.3) is 5.91 Å². The van der Waals surface area contributed by atoms with Crippen LogP contribution >= 0.6 is 0 Å². The van der Waals surface area contributed by atoms with Gasteiger partial charge in [-0.25, -0.2) is 0 Å². The van der Waals surface area contributed by atoms with Crippen LogP contribution in [0.1, 0.15) is 60.5 Å². The molecule has 0 aliphatic carbocycles. The number of hydrogen-bond acceptors (Lipinski definition) is 3. The highest BCUT2D eigenvalue weighted by Crippen LogP contribution is 2.39. The van der Waals surface area contributed by atoms with Crippen LogP contribution in [-0.4, -0.2) is 41.9 Å². The average Bonchev–Trinajstić information content (AvgIpc) is 3.11. The Morgan fingerprint density at radius 2 is 1.93 bits per heavy atom. The summed E-state index contributed by atoms with van der Waals surface area (Å²) >= 11 is 0. The molecule has 0 bridgehead atoms. The summed E-state index contributed by atoms with van der Waals surface area (Å²) in [6.07, 6.45) is 6.19. The second kappa shape index (κ2) is 8.15. The number of likely N-dealkylation sites (tertiary alicyclic amines) is 2. The van der Waals surface area contributed by atoms with E-state index >= 15 is 0 Å². The Bertz CT molecular complexity index is 865. The zero-order valence-electron chi connectivity index (χ0n) is 17.5. The lowest BCUT2D eigenvalue weighted by atomic mass is 9.79. The minimum Gasteiger partial charge on any atom is -0.619 e. The van der Waals surface area contributed by atoms with Crippen molar-refractivity contribution in [2.24, 2.45) is 5.41 Å². The van der Waals surface area contributed by atoms with Gasteiger partial charge in [-0.1, -0.05) is 38.1 Å². The maximum Gasteiger partial charge on any atom is 0.259 e. The Labute approximate surface area is 173 Å². The molecule has 5 heteroatoms. The molecule has 2 aliphatic rings. The molecule has 1 atom stereocenters. The van der Waals surface area contributed by atoms with Gasteiger partial charge in [-0.3, -0.25) is 9.69 Å². The van der Waals surface area contributed by atoms with Crippen molar-refractivity contribution >= 4 is 5.91 Å². The van der Waals surface area contributed by atoms with Crippen molar-refractivity contribution in [1.29, 1.82) is 0 Å². The molecule has 1 amide bonds. The van der Waals surface area contributed by atoms with Gasteiger partial charge in [0.15, 0.2) is 12.4 Å². The van der Waals surface area contributed by atoms with Gasteiger partial charge in [-0.2, -0.15) is 4.73 Å². The maximum atomic E-state index is 12.8. The van der Waals surface area contributed by atoms with Gasteiger partial charge in [0, 0.05) is 37.7 Å². The molecule has 0 radical (unpaired) electrons. The van der Waals surface area contributed by atoms with Gasteiger partial charge in [0.05, 0.1) is 0 Å². The topological polar surface area (TPSA) is 50.5 Å². The number of aromatic nitrogens is 1. The van der Waals surface area contributed by atoms with Gasteiger partial charge in [0.1, 0.15) is 5.56 Å². The summed E-state index contributed by atoms with van der Waals surface area (Å²) in [4.78, 5) is 17.3. The fourth-order valence-electron chi connectivity index (χ4n) is 4.92. The minimum absolute atomic E-state index is 0.0199. The van der Waals surface area contributed by atoms with Crippen molar-refractivity contribution in [1.82, 2.24) is 9.80 Å². The first-order valence-corrected chi connectivity index (χ1v) is 10.7. The Morgan fingerprint density at radius 3 is 2.66 bits per heavy atom. The van der Waals surface area contributed by atoms with E-state index in [-0.39, 0.29) is 11.3 Å². The highest BCUT2D eigenvalue weighted by molar-refractivity contribution is 5.93. The number of pyridine rings is 1. The standard InChI is InChI=1S/C24H31N3O2/c1-19(2)21-8-6-20(7-9-21)15-25-12-4-10-24(17-25)11-14-26(18-24)23(28)22-5-3-13-27(29)16-22/h3,5-9,13,16,19H,4,10-12,14-15,17-18H2,1-2H3/t24-/m1/s1. The van der Waals surface area contributed by atoms with E-state index in [1.54, 1.807) is 12.1 Å². The quantitative estimate of drug-likeness (QED) is 0.589. The molecule has 2 aromatic rings. The molecule has 154 valence electrons. The average molecular weight is 394 g/mol. The van der Waals surface area contributed by atoms with Crippen LogP contribution in [0.15, 0.2) is 48.8 Å². The second-order valence-electron chi connectivity index (χ2n) is 9.14. The normalized spacial score (nSPS) is 22.5. The smallest absolute Gasteiger partial charge is 0.259 e. The molecule has 5 nitrogen and oxygen atoms in total. The van der Waals surface area contributed by atoms with E-state index in [2.05, 4.69) is 43.0 Å². The number of benzene rings is 1. The third kappa shape index (κ3) is 4.45. The van der Waals surface area contributed by atoms with Crippen LogP contribution in [0.25, 0.3) is 0 Å². The van der Waals surface area contributed by atoms with Crippen LogP contribution < -0.4 is 4.73 Å². The molecule has 0 N–H and O–H groups in total. The van der Waals surface area contributed by atoms with Gasteiger partial charge >= 0.3 is 0 Å². The number of carbonyl (C=O) groups is 1. The first-order valence-electron chi connectivity index (χ1n) is 10.7. The molecule has 4 rings (SSSR count). The van der Waals surface area contributed by atoms with Gasteiger partial charge in [-0.05, 0) is 48.9 Å². The number of carbonyl (C=O) groups excluding carboxylic acids is 1. The number of amides is 1. The Hall–Kier alpha value is -2.40.